The largest absolute Gasteiger partial charge is 0.360 e. The number of carbonyl (C=O) groups excluding carboxylic acids is 1. The van der Waals surface area contributed by atoms with Gasteiger partial charge in [-0.2, -0.15) is 0 Å². The van der Waals surface area contributed by atoms with E-state index < -0.39 is 0 Å². The van der Waals surface area contributed by atoms with Crippen LogP contribution in [0.2, 0.25) is 0 Å². The second-order valence-corrected chi connectivity index (χ2v) is 5.14. The van der Waals surface area contributed by atoms with Crippen LogP contribution in [0.1, 0.15) is 59.8 Å². The lowest BCUT2D eigenvalue weighted by Crippen LogP contribution is -2.03. The Hall–Kier alpha value is -1.90. The first-order valence-electron chi connectivity index (χ1n) is 6.91. The van der Waals surface area contributed by atoms with E-state index in [1.54, 1.807) is 12.1 Å². The van der Waals surface area contributed by atoms with Gasteiger partial charge in [-0.3, -0.25) is 4.79 Å². The number of aromatic nitrogens is 1. The second-order valence-electron chi connectivity index (χ2n) is 5.14. The SMILES string of the molecule is O=C(c1ccccc1)c1cc(C2CCCCC2)on1. The third kappa shape index (κ3) is 2.60. The number of carbonyl (C=O) groups is 1. The van der Waals surface area contributed by atoms with Gasteiger partial charge in [0.15, 0.2) is 5.69 Å². The maximum Gasteiger partial charge on any atom is 0.214 e. The molecule has 1 saturated carbocycles. The summed E-state index contributed by atoms with van der Waals surface area (Å²) in [6.07, 6.45) is 6.09. The fraction of sp³-hybridized carbons (Fsp3) is 0.375. The molecule has 1 aliphatic rings. The third-order valence-electron chi connectivity index (χ3n) is 3.80. The minimum Gasteiger partial charge on any atom is -0.360 e. The number of nitrogens with zero attached hydrogens (tertiary/aromatic N) is 1. The molecule has 0 unspecified atom stereocenters. The molecule has 1 aromatic heterocycles. The van der Waals surface area contributed by atoms with Crippen molar-refractivity contribution in [2.45, 2.75) is 38.0 Å². The van der Waals surface area contributed by atoms with Crippen molar-refractivity contribution in [2.75, 3.05) is 0 Å². The van der Waals surface area contributed by atoms with E-state index >= 15 is 0 Å². The summed E-state index contributed by atoms with van der Waals surface area (Å²) in [5.74, 6) is 1.25. The minimum absolute atomic E-state index is 0.0635. The Bertz CT molecular complexity index is 553. The van der Waals surface area contributed by atoms with E-state index in [0.717, 1.165) is 18.6 Å². The van der Waals surface area contributed by atoms with E-state index in [0.29, 0.717) is 17.2 Å². The molecule has 19 heavy (non-hydrogen) atoms. The summed E-state index contributed by atoms with van der Waals surface area (Å²) in [6, 6.07) is 11.0. The Morgan fingerprint density at radius 2 is 1.84 bits per heavy atom. The lowest BCUT2D eigenvalue weighted by atomic mass is 9.87. The molecule has 2 aromatic rings. The van der Waals surface area contributed by atoms with Gasteiger partial charge < -0.3 is 4.52 Å². The smallest absolute Gasteiger partial charge is 0.214 e. The normalized spacial score (nSPS) is 16.4. The van der Waals surface area contributed by atoms with E-state index in [2.05, 4.69) is 5.16 Å². The second kappa shape index (κ2) is 5.39. The summed E-state index contributed by atoms with van der Waals surface area (Å²) in [4.78, 5) is 12.2. The monoisotopic (exact) mass is 255 g/mol. The molecule has 0 saturated heterocycles. The van der Waals surface area contributed by atoms with Gasteiger partial charge in [0.25, 0.3) is 0 Å². The van der Waals surface area contributed by atoms with Crippen LogP contribution >= 0.6 is 0 Å². The van der Waals surface area contributed by atoms with Crippen molar-refractivity contribution in [3.63, 3.8) is 0 Å². The lowest BCUT2D eigenvalue weighted by Gasteiger charge is -2.18. The van der Waals surface area contributed by atoms with E-state index in [9.17, 15) is 4.79 Å². The number of benzene rings is 1. The van der Waals surface area contributed by atoms with Gasteiger partial charge in [-0.15, -0.1) is 0 Å². The molecule has 1 aromatic carbocycles. The van der Waals surface area contributed by atoms with Gasteiger partial charge in [0.2, 0.25) is 5.78 Å². The van der Waals surface area contributed by atoms with Crippen molar-refractivity contribution in [3.8, 4) is 0 Å². The number of hydrogen-bond acceptors (Lipinski definition) is 3. The molecule has 3 nitrogen and oxygen atoms in total. The maximum absolute atomic E-state index is 12.2. The van der Waals surface area contributed by atoms with Crippen molar-refractivity contribution in [1.29, 1.82) is 0 Å². The molecule has 0 aliphatic heterocycles. The summed E-state index contributed by atoms with van der Waals surface area (Å²) < 4.78 is 5.38. The third-order valence-corrected chi connectivity index (χ3v) is 3.80. The van der Waals surface area contributed by atoms with Gasteiger partial charge in [0, 0.05) is 17.5 Å². The van der Waals surface area contributed by atoms with Crippen molar-refractivity contribution in [2.24, 2.45) is 0 Å². The highest BCUT2D eigenvalue weighted by molar-refractivity contribution is 6.07. The van der Waals surface area contributed by atoms with Crippen LogP contribution < -0.4 is 0 Å². The molecule has 0 bridgehead atoms. The number of hydrogen-bond donors (Lipinski definition) is 0. The highest BCUT2D eigenvalue weighted by Crippen LogP contribution is 2.33. The van der Waals surface area contributed by atoms with Gasteiger partial charge >= 0.3 is 0 Å². The fourth-order valence-electron chi connectivity index (χ4n) is 2.71. The Morgan fingerprint density at radius 3 is 2.58 bits per heavy atom. The Morgan fingerprint density at radius 1 is 1.11 bits per heavy atom. The molecule has 1 aliphatic carbocycles. The minimum atomic E-state index is -0.0635. The molecular weight excluding hydrogens is 238 g/mol. The molecule has 0 atom stereocenters. The summed E-state index contributed by atoms with van der Waals surface area (Å²) in [5, 5.41) is 3.94. The quantitative estimate of drug-likeness (QED) is 0.780. The van der Waals surface area contributed by atoms with E-state index in [-0.39, 0.29) is 5.78 Å². The summed E-state index contributed by atoms with van der Waals surface area (Å²) >= 11 is 0. The fourth-order valence-corrected chi connectivity index (χ4v) is 2.71. The predicted octanol–water partition coefficient (Wildman–Crippen LogP) is 3.95. The van der Waals surface area contributed by atoms with E-state index in [4.69, 9.17) is 4.52 Å². The zero-order valence-electron chi connectivity index (χ0n) is 10.8. The van der Waals surface area contributed by atoms with Crippen LogP contribution in [0.15, 0.2) is 40.9 Å². The Kier molecular flexibility index (Phi) is 3.45. The highest BCUT2D eigenvalue weighted by Gasteiger charge is 2.22. The molecule has 98 valence electrons. The standard InChI is InChI=1S/C16H17NO2/c18-16(13-9-5-2-6-10-13)14-11-15(19-17-14)12-7-3-1-4-8-12/h2,5-6,9-12H,1,3-4,7-8H2. The van der Waals surface area contributed by atoms with E-state index in [1.165, 1.54) is 19.3 Å². The first-order valence-corrected chi connectivity index (χ1v) is 6.91. The van der Waals surface area contributed by atoms with Crippen LogP contribution in [0.25, 0.3) is 0 Å². The van der Waals surface area contributed by atoms with Crippen LogP contribution in [-0.4, -0.2) is 10.9 Å². The average molecular weight is 255 g/mol. The summed E-state index contributed by atoms with van der Waals surface area (Å²) in [5.41, 5.74) is 1.08. The maximum atomic E-state index is 12.2. The van der Waals surface area contributed by atoms with Crippen molar-refractivity contribution < 1.29 is 9.32 Å². The first kappa shape index (κ1) is 12.2. The Balaban J connectivity index is 1.79. The van der Waals surface area contributed by atoms with Crippen molar-refractivity contribution in [1.82, 2.24) is 5.16 Å². The Labute approximate surface area is 112 Å². The van der Waals surface area contributed by atoms with Crippen LogP contribution in [0.5, 0.6) is 0 Å². The predicted molar refractivity (Wildman–Crippen MR) is 72.2 cm³/mol. The van der Waals surface area contributed by atoms with Crippen LogP contribution in [-0.2, 0) is 0 Å². The van der Waals surface area contributed by atoms with Gasteiger partial charge in [-0.1, -0.05) is 54.8 Å². The zero-order chi connectivity index (χ0) is 13.1. The zero-order valence-corrected chi connectivity index (χ0v) is 10.8. The lowest BCUT2D eigenvalue weighted by molar-refractivity contribution is 0.103. The summed E-state index contributed by atoms with van der Waals surface area (Å²) in [7, 11) is 0. The first-order chi connectivity index (χ1) is 9.34. The molecule has 0 radical (unpaired) electrons. The van der Waals surface area contributed by atoms with Gasteiger partial charge in [0.1, 0.15) is 5.76 Å². The van der Waals surface area contributed by atoms with E-state index in [1.807, 2.05) is 24.3 Å². The van der Waals surface area contributed by atoms with Gasteiger partial charge in [0.05, 0.1) is 0 Å². The number of rotatable bonds is 3. The molecule has 1 heterocycles. The van der Waals surface area contributed by atoms with Gasteiger partial charge in [-0.25, -0.2) is 0 Å². The molecule has 0 spiro atoms. The number of ketones is 1. The summed E-state index contributed by atoms with van der Waals surface area (Å²) in [6.45, 7) is 0. The van der Waals surface area contributed by atoms with Crippen molar-refractivity contribution in [3.05, 3.63) is 53.4 Å². The van der Waals surface area contributed by atoms with Crippen LogP contribution in [0, 0.1) is 0 Å². The molecule has 0 N–H and O–H groups in total. The van der Waals surface area contributed by atoms with Crippen LogP contribution in [0.4, 0.5) is 0 Å². The molecule has 0 amide bonds. The van der Waals surface area contributed by atoms with Gasteiger partial charge in [-0.05, 0) is 12.8 Å². The molecular formula is C16H17NO2. The highest BCUT2D eigenvalue weighted by atomic mass is 16.5. The topological polar surface area (TPSA) is 43.1 Å². The average Bonchev–Trinajstić information content (AvgIpc) is 2.98. The van der Waals surface area contributed by atoms with Crippen LogP contribution in [0.3, 0.4) is 0 Å². The molecule has 3 heteroatoms. The molecule has 3 rings (SSSR count). The molecule has 1 fully saturated rings. The van der Waals surface area contributed by atoms with Crippen molar-refractivity contribution >= 4 is 5.78 Å².